The second kappa shape index (κ2) is 56.6. The Morgan fingerprint density at radius 2 is 1.15 bits per heavy atom. The number of hydrogen-bond acceptors (Lipinski definition) is 24. The first kappa shape index (κ1) is 114. The normalized spacial score (nSPS) is 16.3. The molecule has 8 atom stereocenters. The molecule has 3 aliphatic heterocycles. The number of oxime groups is 1. The largest absolute Gasteiger partial charge is 0.481 e. The van der Waals surface area contributed by atoms with E-state index in [-0.39, 0.29) is 100 Å². The van der Waals surface area contributed by atoms with Crippen molar-refractivity contribution in [3.8, 4) is 0 Å². The number of fused-ring (bicyclic) bond motifs is 2. The highest BCUT2D eigenvalue weighted by Crippen LogP contribution is 2.49. The predicted molar refractivity (Wildman–Crippen MR) is 510 cm³/mol. The summed E-state index contributed by atoms with van der Waals surface area (Å²) in [7, 11) is -3.14. The quantitative estimate of drug-likeness (QED) is 0.00624. The summed E-state index contributed by atoms with van der Waals surface area (Å²) in [5.74, 6) is -19.5. The van der Waals surface area contributed by atoms with E-state index in [9.17, 15) is 115 Å². The Labute approximate surface area is 806 Å². The fourth-order valence-electron chi connectivity index (χ4n) is 17.0. The van der Waals surface area contributed by atoms with Gasteiger partial charge in [0.2, 0.25) is 35.2 Å². The molecular formula is C100H138N9O28S+. The number of amides is 6. The summed E-state index contributed by atoms with van der Waals surface area (Å²) in [4.78, 5) is 223. The number of allylic oxidation sites excluding steroid dienone is 8. The van der Waals surface area contributed by atoms with Crippen LogP contribution in [0.2, 0.25) is 0 Å². The fraction of sp³-hybridized carbons (Fsp3) is 0.560. The lowest BCUT2D eigenvalue weighted by Gasteiger charge is -2.27. The second-order valence-electron chi connectivity index (χ2n) is 36.5. The SMILES string of the molecule is CCCC(=O)[C@H](CC(C)C)NC(=O)[C@@H]1CCCN1C(=O)COCCCC(=O)[C@H](Cc1ccc(/C(C)=N/OCCNC(=O)OCCOC)cc1)NC(=O)[C@@H](CCC(=O)O)CC(=O)[C@@H](CCC(=O)O)NC(=O)[C@@H](CCC(=O)O)CC(=O)[C@@H](CCC(=O)O)NC(=O)[C@@H](CCC(=O)O)CC(=O)CCCCCN1/C(=C/C=C/C=C/C=C/C2=[N+](CC)c3ccc(C)cc3C2(C)C)C(C)(C)c2cc(S(=O)(=O)O)ccc21. The van der Waals surface area contributed by atoms with Crippen molar-refractivity contribution in [3.05, 3.63) is 137 Å². The zero-order valence-electron chi connectivity index (χ0n) is 80.9. The van der Waals surface area contributed by atoms with Gasteiger partial charge in [-0.15, -0.1) is 0 Å². The molecule has 6 rings (SSSR count). The molecule has 38 heteroatoms. The number of ether oxygens (including phenoxy) is 3. The van der Waals surface area contributed by atoms with Gasteiger partial charge in [0.25, 0.3) is 10.1 Å². The van der Waals surface area contributed by atoms with Gasteiger partial charge in [-0.1, -0.05) is 112 Å². The number of carbonyl (C=O) groups is 16. The summed E-state index contributed by atoms with van der Waals surface area (Å²) in [5, 5.41) is 66.5. The molecule has 3 aliphatic rings. The number of aliphatic carboxylic acids is 5. The number of ketones is 5. The topological polar surface area (TPSA) is 548 Å². The monoisotopic (exact) mass is 1940 g/mol. The zero-order chi connectivity index (χ0) is 102. The maximum absolute atomic E-state index is 14.8. The minimum atomic E-state index is -4.59. The van der Waals surface area contributed by atoms with Gasteiger partial charge in [0.15, 0.2) is 28.8 Å². The van der Waals surface area contributed by atoms with Crippen LogP contribution in [0.3, 0.4) is 0 Å². The second-order valence-corrected chi connectivity index (χ2v) is 37.9. The first-order valence-electron chi connectivity index (χ1n) is 47.1. The first-order chi connectivity index (χ1) is 65.3. The summed E-state index contributed by atoms with van der Waals surface area (Å²) in [5.41, 5.74) is 7.27. The molecule has 1 saturated heterocycles. The van der Waals surface area contributed by atoms with Crippen molar-refractivity contribution in [2.45, 2.75) is 276 Å². The molecule has 0 aromatic heterocycles. The summed E-state index contributed by atoms with van der Waals surface area (Å²) < 4.78 is 52.8. The number of anilines is 1. The average molecular weight is 1950 g/mol. The lowest BCUT2D eigenvalue weighted by molar-refractivity contribution is -0.433. The third-order valence-corrected chi connectivity index (χ3v) is 25.4. The molecule has 37 nitrogen and oxygen atoms in total. The Bertz CT molecular complexity index is 5130. The number of carboxylic acid groups (broad SMARTS) is 5. The van der Waals surface area contributed by atoms with Crippen molar-refractivity contribution in [1.82, 2.24) is 31.5 Å². The number of alkyl carbamates (subject to hydrolysis) is 1. The van der Waals surface area contributed by atoms with E-state index < -0.39 is 242 Å². The van der Waals surface area contributed by atoms with Crippen LogP contribution in [0.25, 0.3) is 0 Å². The number of carboxylic acids is 5. The number of likely N-dealkylation sites (tertiary alicyclic amines) is 1. The van der Waals surface area contributed by atoms with Gasteiger partial charge < -0.3 is 81.0 Å². The van der Waals surface area contributed by atoms with Crippen LogP contribution < -0.4 is 31.5 Å². The minimum absolute atomic E-state index is 0.0263. The number of hydrogen-bond donors (Lipinski definition) is 11. The molecule has 0 bridgehead atoms. The standard InChI is InChI=1S/C100H137N9O28S/c1-12-24-82(111)77(55-63(3)4)105-97(129)81-26-22-50-109(81)88(115)62-135-51-23-27-83(112)78(57-66-31-33-67(34-32-66)65(6)106-137-52-48-101-98(130)136-54-53-134-11)104-96(128)70(37-45-91(120)121)60-85(114)76(40-47-93(124)125)103-95(127)69(36-44-90(118)119)59-84(113)75(39-46-92(122)123)102-94(126)68(35-43-89(116)117)58-71(110)25-18-17-21-49-108-80-42-38-72(138(131,132)133)61-74(80)100(9,10)87(108)29-20-16-14-15-19-28-86-99(7,8)73-56-64(5)30-41-79(73)107(86)13-2/h14-16,19-20,28-34,38,41-42,56,61,63,68-70,75-78,81H,12-13,17-18,21-27,35-37,39-40,43-55,57-60,62H2,1-11H3,(H10-,101,102,103,104,105,116,117,118,119,120,121,122,123,124,125,126,127,128,129,130,131,132,133)/p+1/b106-65+/t68-,69-,70-,75+,76+,77-,78-,81-/m0/s1. The Hall–Kier alpha value is -12.3. The molecule has 6 amide bonds. The van der Waals surface area contributed by atoms with Gasteiger partial charge in [0.05, 0.1) is 53.3 Å². The lowest BCUT2D eigenvalue weighted by atomic mass is 9.81. The van der Waals surface area contributed by atoms with Crippen LogP contribution in [-0.2, 0) is 118 Å². The minimum Gasteiger partial charge on any atom is -0.481 e. The summed E-state index contributed by atoms with van der Waals surface area (Å²) in [6.45, 7) is 20.8. The Morgan fingerprint density at radius 3 is 1.72 bits per heavy atom. The molecule has 138 heavy (non-hydrogen) atoms. The number of aryl methyl sites for hydroxylation is 1. The van der Waals surface area contributed by atoms with E-state index in [4.69, 9.17) is 19.0 Å². The molecule has 0 unspecified atom stereocenters. The molecule has 3 heterocycles. The van der Waals surface area contributed by atoms with E-state index in [1.807, 2.05) is 76.0 Å². The van der Waals surface area contributed by atoms with Crippen molar-refractivity contribution >= 4 is 127 Å². The van der Waals surface area contributed by atoms with Crippen molar-refractivity contribution in [1.29, 1.82) is 0 Å². The number of nitrogens with one attached hydrogen (secondary N) is 5. The van der Waals surface area contributed by atoms with Crippen LogP contribution in [0.5, 0.6) is 0 Å². The lowest BCUT2D eigenvalue weighted by Crippen LogP contribution is -2.51. The Kier molecular flexibility index (Phi) is 46.9. The molecule has 0 radical (unpaired) electrons. The van der Waals surface area contributed by atoms with Gasteiger partial charge in [0.1, 0.15) is 38.2 Å². The van der Waals surface area contributed by atoms with Gasteiger partial charge >= 0.3 is 35.9 Å². The number of benzene rings is 3. The third kappa shape index (κ3) is 36.9. The highest BCUT2D eigenvalue weighted by molar-refractivity contribution is 7.85. The van der Waals surface area contributed by atoms with Crippen LogP contribution in [0.4, 0.5) is 16.2 Å². The van der Waals surface area contributed by atoms with Crippen LogP contribution in [0.1, 0.15) is 244 Å². The van der Waals surface area contributed by atoms with Gasteiger partial charge in [-0.25, -0.2) is 4.79 Å². The van der Waals surface area contributed by atoms with Crippen molar-refractivity contribution in [2.24, 2.45) is 28.8 Å². The summed E-state index contributed by atoms with van der Waals surface area (Å²) >= 11 is 0. The molecule has 0 spiro atoms. The van der Waals surface area contributed by atoms with Gasteiger partial charge in [-0.05, 0) is 171 Å². The smallest absolute Gasteiger partial charge is 0.407 e. The number of rotatable bonds is 65. The summed E-state index contributed by atoms with van der Waals surface area (Å²) in [6, 6.07) is 10.7. The molecule has 0 aliphatic carbocycles. The molecule has 3 aromatic carbocycles. The third-order valence-electron chi connectivity index (χ3n) is 24.5. The summed E-state index contributed by atoms with van der Waals surface area (Å²) in [6.07, 6.45) is 6.29. The van der Waals surface area contributed by atoms with E-state index in [1.165, 1.54) is 41.0 Å². The number of nitrogens with zero attached hydrogens (tertiary/aromatic N) is 4. The zero-order valence-corrected chi connectivity index (χ0v) is 81.7. The molecule has 11 N–H and O–H groups in total. The highest BCUT2D eigenvalue weighted by atomic mass is 32.2. The van der Waals surface area contributed by atoms with E-state index in [2.05, 4.69) is 88.3 Å². The van der Waals surface area contributed by atoms with Gasteiger partial charge in [-0.2, -0.15) is 13.0 Å². The molecular weight excluding hydrogens is 1810 g/mol. The highest BCUT2D eigenvalue weighted by Gasteiger charge is 2.45. The van der Waals surface area contributed by atoms with Crippen molar-refractivity contribution in [3.63, 3.8) is 0 Å². The maximum Gasteiger partial charge on any atom is 0.407 e. The number of Topliss-reactive ketones (excluding diaryl/α,β-unsaturated/α-hetero) is 5. The average Bonchev–Trinajstić information content (AvgIpc) is 1.59. The molecule has 3 aromatic rings. The maximum atomic E-state index is 14.8. The van der Waals surface area contributed by atoms with E-state index in [1.54, 1.807) is 37.3 Å². The van der Waals surface area contributed by atoms with Crippen molar-refractivity contribution in [2.75, 3.05) is 71.2 Å². The van der Waals surface area contributed by atoms with Crippen LogP contribution in [0.15, 0.2) is 119 Å². The Balaban J connectivity index is 1.16. The Morgan fingerprint density at radius 1 is 0.587 bits per heavy atom. The van der Waals surface area contributed by atoms with Crippen molar-refractivity contribution < 1.29 is 139 Å². The van der Waals surface area contributed by atoms with E-state index in [0.29, 0.717) is 73.2 Å². The molecule has 0 saturated carbocycles. The fourth-order valence-corrected chi connectivity index (χ4v) is 17.6. The number of methoxy groups -OCH3 is 1. The van der Waals surface area contributed by atoms with E-state index >= 15 is 0 Å². The van der Waals surface area contributed by atoms with Crippen LogP contribution in [-0.4, -0.2) is 250 Å². The van der Waals surface area contributed by atoms with Gasteiger partial charge in [0, 0.05) is 150 Å². The molecule has 1 fully saturated rings. The van der Waals surface area contributed by atoms with Gasteiger partial charge in [-0.3, -0.25) is 76.5 Å². The number of unbranched alkanes of at least 4 members (excludes halogenated alkanes) is 2. The van der Waals surface area contributed by atoms with Crippen LogP contribution >= 0.6 is 0 Å². The molecule has 756 valence electrons. The van der Waals surface area contributed by atoms with E-state index in [0.717, 1.165) is 18.0 Å². The van der Waals surface area contributed by atoms with Crippen LogP contribution in [0, 0.1) is 30.6 Å². The predicted octanol–water partition coefficient (Wildman–Crippen LogP) is 10.7. The first-order valence-corrected chi connectivity index (χ1v) is 48.6. The number of carbonyl (C=O) groups excluding carboxylic acids is 11.